The van der Waals surface area contributed by atoms with Gasteiger partial charge in [0.05, 0.1) is 0 Å². The Labute approximate surface area is 63.8 Å². The molecule has 0 heterocycles. The monoisotopic (exact) mass is 158 g/mol. The van der Waals surface area contributed by atoms with Crippen molar-refractivity contribution in [2.24, 2.45) is 0 Å². The van der Waals surface area contributed by atoms with Crippen molar-refractivity contribution in [3.05, 3.63) is 0 Å². The lowest BCUT2D eigenvalue weighted by atomic mass is 9.87. The zero-order chi connectivity index (χ0) is 8.27. The molecule has 0 aromatic carbocycles. The standard InChI is InChI=1S/C6H10N2O3/c9-3-7-4-1-5(2-4)8-6(10)11/h3-5,8H,1-2H2,(H,7,9)(H,10,11). The van der Waals surface area contributed by atoms with Crippen molar-refractivity contribution in [2.45, 2.75) is 24.9 Å². The highest BCUT2D eigenvalue weighted by molar-refractivity contribution is 5.65. The molecule has 1 saturated carbocycles. The van der Waals surface area contributed by atoms with Gasteiger partial charge in [-0.15, -0.1) is 0 Å². The highest BCUT2D eigenvalue weighted by atomic mass is 16.4. The molecule has 0 radical (unpaired) electrons. The van der Waals surface area contributed by atoms with Crippen LogP contribution in [0.2, 0.25) is 0 Å². The van der Waals surface area contributed by atoms with Crippen LogP contribution in [0, 0.1) is 0 Å². The number of amides is 2. The van der Waals surface area contributed by atoms with Crippen molar-refractivity contribution in [3.8, 4) is 0 Å². The third-order valence-corrected chi connectivity index (χ3v) is 1.77. The minimum absolute atomic E-state index is 0.0185. The average molecular weight is 158 g/mol. The smallest absolute Gasteiger partial charge is 0.404 e. The summed E-state index contributed by atoms with van der Waals surface area (Å²) in [6.07, 6.45) is 1.04. The van der Waals surface area contributed by atoms with Gasteiger partial charge in [-0.1, -0.05) is 0 Å². The van der Waals surface area contributed by atoms with Gasteiger partial charge in [-0.2, -0.15) is 0 Å². The zero-order valence-corrected chi connectivity index (χ0v) is 5.91. The molecule has 2 amide bonds. The highest BCUT2D eigenvalue weighted by Gasteiger charge is 2.29. The molecular formula is C6H10N2O3. The first kappa shape index (κ1) is 7.84. The summed E-state index contributed by atoms with van der Waals surface area (Å²) in [7, 11) is 0. The molecule has 1 fully saturated rings. The van der Waals surface area contributed by atoms with E-state index in [2.05, 4.69) is 10.6 Å². The molecule has 62 valence electrons. The molecule has 0 aromatic heterocycles. The second-order valence-corrected chi connectivity index (χ2v) is 2.60. The maximum Gasteiger partial charge on any atom is 0.404 e. The van der Waals surface area contributed by atoms with E-state index in [1.165, 1.54) is 0 Å². The largest absolute Gasteiger partial charge is 0.465 e. The van der Waals surface area contributed by atoms with Gasteiger partial charge in [0, 0.05) is 12.1 Å². The molecule has 1 aliphatic carbocycles. The lowest BCUT2D eigenvalue weighted by molar-refractivity contribution is -0.110. The van der Waals surface area contributed by atoms with Gasteiger partial charge in [0.25, 0.3) is 0 Å². The normalized spacial score (nSPS) is 28.4. The van der Waals surface area contributed by atoms with E-state index < -0.39 is 6.09 Å². The summed E-state index contributed by atoms with van der Waals surface area (Å²) >= 11 is 0. The Bertz CT molecular complexity index is 165. The number of hydrogen-bond acceptors (Lipinski definition) is 2. The Morgan fingerprint density at radius 1 is 1.45 bits per heavy atom. The molecule has 5 heteroatoms. The maximum absolute atomic E-state index is 10.1. The fraction of sp³-hybridized carbons (Fsp3) is 0.667. The van der Waals surface area contributed by atoms with Crippen LogP contribution in [-0.4, -0.2) is 29.7 Å². The van der Waals surface area contributed by atoms with E-state index in [0.717, 1.165) is 0 Å². The molecule has 0 aromatic rings. The average Bonchev–Trinajstić information content (AvgIpc) is 1.82. The Kier molecular flexibility index (Phi) is 2.30. The van der Waals surface area contributed by atoms with Gasteiger partial charge < -0.3 is 15.7 Å². The molecule has 5 nitrogen and oxygen atoms in total. The van der Waals surface area contributed by atoms with Crippen molar-refractivity contribution in [1.29, 1.82) is 0 Å². The topological polar surface area (TPSA) is 78.4 Å². The van der Waals surface area contributed by atoms with Crippen LogP contribution in [0.15, 0.2) is 0 Å². The molecule has 11 heavy (non-hydrogen) atoms. The van der Waals surface area contributed by atoms with E-state index in [0.29, 0.717) is 19.3 Å². The van der Waals surface area contributed by atoms with E-state index in [1.807, 2.05) is 0 Å². The second kappa shape index (κ2) is 3.23. The van der Waals surface area contributed by atoms with Crippen LogP contribution < -0.4 is 10.6 Å². The number of carbonyl (C=O) groups is 2. The summed E-state index contributed by atoms with van der Waals surface area (Å²) in [5, 5.41) is 13.2. The number of carbonyl (C=O) groups excluding carboxylic acids is 1. The fourth-order valence-corrected chi connectivity index (χ4v) is 1.14. The van der Waals surface area contributed by atoms with Gasteiger partial charge in [-0.25, -0.2) is 4.79 Å². The summed E-state index contributed by atoms with van der Waals surface area (Å²) in [6, 6.07) is 0.175. The van der Waals surface area contributed by atoms with E-state index in [-0.39, 0.29) is 12.1 Å². The van der Waals surface area contributed by atoms with E-state index in [1.54, 1.807) is 0 Å². The Hall–Kier alpha value is -1.26. The molecule has 0 atom stereocenters. The Morgan fingerprint density at radius 3 is 2.55 bits per heavy atom. The molecule has 0 saturated heterocycles. The van der Waals surface area contributed by atoms with E-state index in [4.69, 9.17) is 5.11 Å². The maximum atomic E-state index is 10.1. The molecule has 0 bridgehead atoms. The van der Waals surface area contributed by atoms with Crippen LogP contribution in [0.4, 0.5) is 4.79 Å². The molecule has 1 aliphatic rings. The molecule has 0 spiro atoms. The van der Waals surface area contributed by atoms with Crippen LogP contribution in [-0.2, 0) is 4.79 Å². The highest BCUT2D eigenvalue weighted by Crippen LogP contribution is 2.18. The van der Waals surface area contributed by atoms with Crippen LogP contribution in [0.3, 0.4) is 0 Å². The molecule has 0 unspecified atom stereocenters. The predicted octanol–water partition coefficient (Wildman–Crippen LogP) is -0.469. The van der Waals surface area contributed by atoms with Gasteiger partial charge in [-0.3, -0.25) is 4.79 Å². The first-order valence-corrected chi connectivity index (χ1v) is 3.41. The van der Waals surface area contributed by atoms with Crippen LogP contribution in [0.1, 0.15) is 12.8 Å². The predicted molar refractivity (Wildman–Crippen MR) is 37.2 cm³/mol. The fourth-order valence-electron chi connectivity index (χ4n) is 1.14. The summed E-state index contributed by atoms with van der Waals surface area (Å²) in [4.78, 5) is 20.0. The minimum Gasteiger partial charge on any atom is -0.465 e. The number of carboxylic acid groups (broad SMARTS) is 1. The summed E-state index contributed by atoms with van der Waals surface area (Å²) in [5.41, 5.74) is 0. The quantitative estimate of drug-likeness (QED) is 0.486. The third-order valence-electron chi connectivity index (χ3n) is 1.77. The van der Waals surface area contributed by atoms with Crippen molar-refractivity contribution in [3.63, 3.8) is 0 Å². The van der Waals surface area contributed by atoms with Crippen LogP contribution in [0.25, 0.3) is 0 Å². The summed E-state index contributed by atoms with van der Waals surface area (Å²) in [6.45, 7) is 0. The summed E-state index contributed by atoms with van der Waals surface area (Å²) in [5.74, 6) is 0. The molecule has 1 rings (SSSR count). The van der Waals surface area contributed by atoms with Crippen molar-refractivity contribution < 1.29 is 14.7 Å². The number of hydrogen-bond donors (Lipinski definition) is 3. The van der Waals surface area contributed by atoms with Crippen LogP contribution >= 0.6 is 0 Å². The molecule has 0 aliphatic heterocycles. The van der Waals surface area contributed by atoms with Gasteiger partial charge in [0.2, 0.25) is 6.41 Å². The summed E-state index contributed by atoms with van der Waals surface area (Å²) < 4.78 is 0. The number of nitrogens with one attached hydrogen (secondary N) is 2. The molecule has 3 N–H and O–H groups in total. The molecular weight excluding hydrogens is 148 g/mol. The van der Waals surface area contributed by atoms with Gasteiger partial charge in [0.15, 0.2) is 0 Å². The first-order valence-electron chi connectivity index (χ1n) is 3.41. The number of rotatable bonds is 3. The van der Waals surface area contributed by atoms with E-state index >= 15 is 0 Å². The second-order valence-electron chi connectivity index (χ2n) is 2.60. The van der Waals surface area contributed by atoms with Gasteiger partial charge >= 0.3 is 6.09 Å². The lowest BCUT2D eigenvalue weighted by Crippen LogP contribution is -2.51. The lowest BCUT2D eigenvalue weighted by Gasteiger charge is -2.34. The SMILES string of the molecule is O=CNC1CC(NC(=O)O)C1. The van der Waals surface area contributed by atoms with Gasteiger partial charge in [0.1, 0.15) is 0 Å². The third kappa shape index (κ3) is 2.10. The zero-order valence-electron chi connectivity index (χ0n) is 5.91. The van der Waals surface area contributed by atoms with Crippen molar-refractivity contribution in [2.75, 3.05) is 0 Å². The van der Waals surface area contributed by atoms with Gasteiger partial charge in [-0.05, 0) is 12.8 Å². The van der Waals surface area contributed by atoms with E-state index in [9.17, 15) is 9.59 Å². The Balaban J connectivity index is 2.09. The first-order chi connectivity index (χ1) is 5.22. The van der Waals surface area contributed by atoms with Crippen molar-refractivity contribution in [1.82, 2.24) is 10.6 Å². The van der Waals surface area contributed by atoms with Crippen LogP contribution in [0.5, 0.6) is 0 Å². The minimum atomic E-state index is -1.00. The Morgan fingerprint density at radius 2 is 2.09 bits per heavy atom. The van der Waals surface area contributed by atoms with Crippen molar-refractivity contribution >= 4 is 12.5 Å².